The molecule has 0 radical (unpaired) electrons. The normalized spacial score (nSPS) is 12.9. The van der Waals surface area contributed by atoms with Crippen molar-refractivity contribution in [3.8, 4) is 11.5 Å². The third kappa shape index (κ3) is 5.78. The van der Waals surface area contributed by atoms with Crippen molar-refractivity contribution in [2.75, 3.05) is 20.8 Å². The topological polar surface area (TPSA) is 82.1 Å². The van der Waals surface area contributed by atoms with Gasteiger partial charge in [-0.1, -0.05) is 50.2 Å². The summed E-state index contributed by atoms with van der Waals surface area (Å²) in [6, 6.07) is 20.8. The molecule has 0 spiro atoms. The number of methoxy groups -OCH3 is 2. The van der Waals surface area contributed by atoms with Crippen molar-refractivity contribution < 1.29 is 27.2 Å². The minimum atomic E-state index is -3.97. The van der Waals surface area contributed by atoms with E-state index in [0.29, 0.717) is 28.5 Å². The van der Waals surface area contributed by atoms with Crippen LogP contribution in [-0.2, 0) is 19.9 Å². The van der Waals surface area contributed by atoms with Gasteiger partial charge in [0.25, 0.3) is 10.1 Å². The molecule has 0 saturated heterocycles. The minimum absolute atomic E-state index is 0.0237. The van der Waals surface area contributed by atoms with Gasteiger partial charge in [0.15, 0.2) is 0 Å². The first-order chi connectivity index (χ1) is 16.2. The van der Waals surface area contributed by atoms with E-state index in [9.17, 15) is 13.5 Å². The van der Waals surface area contributed by atoms with E-state index in [2.05, 4.69) is 13.8 Å². The van der Waals surface area contributed by atoms with Crippen LogP contribution in [-0.4, -0.2) is 34.4 Å². The zero-order chi connectivity index (χ0) is 24.8. The lowest BCUT2D eigenvalue weighted by molar-refractivity contribution is 0.0558. The van der Waals surface area contributed by atoms with Gasteiger partial charge in [-0.15, -0.1) is 0 Å². The average Bonchev–Trinajstić information content (AvgIpc) is 2.88. The maximum absolute atomic E-state index is 12.8. The van der Waals surface area contributed by atoms with E-state index in [1.54, 1.807) is 74.9 Å². The van der Waals surface area contributed by atoms with Crippen LogP contribution in [0.3, 0.4) is 0 Å². The van der Waals surface area contributed by atoms with E-state index in [0.717, 1.165) is 12.0 Å². The van der Waals surface area contributed by atoms with Crippen molar-refractivity contribution in [2.45, 2.75) is 43.1 Å². The van der Waals surface area contributed by atoms with Crippen molar-refractivity contribution in [3.63, 3.8) is 0 Å². The van der Waals surface area contributed by atoms with Gasteiger partial charge in [-0.05, 0) is 65.4 Å². The van der Waals surface area contributed by atoms with E-state index in [-0.39, 0.29) is 17.9 Å². The summed E-state index contributed by atoms with van der Waals surface area (Å²) in [6.45, 7) is 3.98. The lowest BCUT2D eigenvalue weighted by atomic mass is 9.84. The molecule has 3 rings (SSSR count). The van der Waals surface area contributed by atoms with Gasteiger partial charge < -0.3 is 14.6 Å². The Balaban J connectivity index is 1.82. The summed E-state index contributed by atoms with van der Waals surface area (Å²) >= 11 is 0. The maximum Gasteiger partial charge on any atom is 0.296 e. The third-order valence-corrected chi connectivity index (χ3v) is 7.51. The molecule has 0 heterocycles. The highest BCUT2D eigenvalue weighted by atomic mass is 32.2. The molecule has 0 aliphatic heterocycles. The Kier molecular flexibility index (Phi) is 8.36. The quantitative estimate of drug-likeness (QED) is 0.375. The summed E-state index contributed by atoms with van der Waals surface area (Å²) in [5, 5.41) is 11.7. The van der Waals surface area contributed by atoms with E-state index in [1.165, 1.54) is 0 Å². The van der Waals surface area contributed by atoms with E-state index in [4.69, 9.17) is 13.7 Å². The van der Waals surface area contributed by atoms with Crippen LogP contribution in [0.4, 0.5) is 0 Å². The molecule has 0 fully saturated rings. The molecule has 3 aromatic rings. The standard InChI is InChI=1S/C27H32O6S/c1-5-20(2)21-6-16-26(17-7-21)34(29,30)33-19-18-27(28,22-8-12-24(31-3)13-9-22)23-10-14-25(32-4)15-11-23/h6-17,20,28H,5,18-19H2,1-4H3. The Labute approximate surface area is 202 Å². The molecule has 0 bridgehead atoms. The predicted octanol–water partition coefficient (Wildman–Crippen LogP) is 5.25. The van der Waals surface area contributed by atoms with Crippen molar-refractivity contribution in [1.29, 1.82) is 0 Å². The molecule has 6 nitrogen and oxygen atoms in total. The molecule has 3 aromatic carbocycles. The molecular weight excluding hydrogens is 452 g/mol. The van der Waals surface area contributed by atoms with Crippen molar-refractivity contribution in [1.82, 2.24) is 0 Å². The molecular formula is C27H32O6S. The van der Waals surface area contributed by atoms with E-state index >= 15 is 0 Å². The second-order valence-corrected chi connectivity index (χ2v) is 9.84. The highest BCUT2D eigenvalue weighted by Gasteiger charge is 2.32. The molecule has 7 heteroatoms. The Hall–Kier alpha value is -2.87. The molecule has 0 aromatic heterocycles. The van der Waals surface area contributed by atoms with Crippen LogP contribution in [0.25, 0.3) is 0 Å². The van der Waals surface area contributed by atoms with Gasteiger partial charge in [-0.2, -0.15) is 8.42 Å². The van der Waals surface area contributed by atoms with Crippen LogP contribution in [0.2, 0.25) is 0 Å². The summed E-state index contributed by atoms with van der Waals surface area (Å²) in [5.74, 6) is 1.66. The predicted molar refractivity (Wildman–Crippen MR) is 132 cm³/mol. The minimum Gasteiger partial charge on any atom is -0.497 e. The first-order valence-electron chi connectivity index (χ1n) is 11.2. The Morgan fingerprint density at radius 1 is 0.824 bits per heavy atom. The van der Waals surface area contributed by atoms with Gasteiger partial charge >= 0.3 is 0 Å². The van der Waals surface area contributed by atoms with Crippen LogP contribution in [0.5, 0.6) is 11.5 Å². The van der Waals surface area contributed by atoms with Gasteiger partial charge in [0, 0.05) is 6.42 Å². The number of hydrogen-bond donors (Lipinski definition) is 1. The number of benzene rings is 3. The van der Waals surface area contributed by atoms with Crippen LogP contribution in [0, 0.1) is 0 Å². The molecule has 1 N–H and O–H groups in total. The number of ether oxygens (including phenoxy) is 2. The molecule has 1 atom stereocenters. The average molecular weight is 485 g/mol. The summed E-state index contributed by atoms with van der Waals surface area (Å²) < 4.78 is 41.3. The van der Waals surface area contributed by atoms with Gasteiger partial charge in [-0.3, -0.25) is 4.18 Å². The maximum atomic E-state index is 12.8. The molecule has 0 amide bonds. The lowest BCUT2D eigenvalue weighted by Crippen LogP contribution is -2.29. The summed E-state index contributed by atoms with van der Waals surface area (Å²) in [6.07, 6.45) is 0.994. The van der Waals surface area contributed by atoms with E-state index in [1.807, 2.05) is 12.1 Å². The molecule has 0 aliphatic rings. The van der Waals surface area contributed by atoms with Crippen LogP contribution in [0.1, 0.15) is 49.3 Å². The summed E-state index contributed by atoms with van der Waals surface area (Å²) in [5.41, 5.74) is 0.790. The van der Waals surface area contributed by atoms with Crippen molar-refractivity contribution in [2.24, 2.45) is 0 Å². The Bertz CT molecular complexity index is 1110. The lowest BCUT2D eigenvalue weighted by Gasteiger charge is -2.29. The molecule has 182 valence electrons. The van der Waals surface area contributed by atoms with Gasteiger partial charge in [0.1, 0.15) is 17.1 Å². The molecule has 0 aliphatic carbocycles. The summed E-state index contributed by atoms with van der Waals surface area (Å²) in [7, 11) is -0.832. The molecule has 0 saturated carbocycles. The SMILES string of the molecule is CCC(C)c1ccc(S(=O)(=O)OCCC(O)(c2ccc(OC)cc2)c2ccc(OC)cc2)cc1. The first-order valence-corrected chi connectivity index (χ1v) is 12.6. The summed E-state index contributed by atoms with van der Waals surface area (Å²) in [4.78, 5) is 0.0944. The number of rotatable bonds is 11. The van der Waals surface area contributed by atoms with Gasteiger partial charge in [0.05, 0.1) is 25.7 Å². The van der Waals surface area contributed by atoms with Crippen LogP contribution >= 0.6 is 0 Å². The number of aliphatic hydroxyl groups is 1. The van der Waals surface area contributed by atoms with Gasteiger partial charge in [-0.25, -0.2) is 0 Å². The second kappa shape index (κ2) is 11.0. The highest BCUT2D eigenvalue weighted by molar-refractivity contribution is 7.86. The second-order valence-electron chi connectivity index (χ2n) is 8.22. The molecule has 34 heavy (non-hydrogen) atoms. The first kappa shape index (κ1) is 25.7. The molecule has 1 unspecified atom stereocenters. The highest BCUT2D eigenvalue weighted by Crippen LogP contribution is 2.35. The monoisotopic (exact) mass is 484 g/mol. The van der Waals surface area contributed by atoms with Crippen molar-refractivity contribution in [3.05, 3.63) is 89.5 Å². The zero-order valence-electron chi connectivity index (χ0n) is 20.0. The Morgan fingerprint density at radius 3 is 1.71 bits per heavy atom. The largest absolute Gasteiger partial charge is 0.497 e. The zero-order valence-corrected chi connectivity index (χ0v) is 20.8. The van der Waals surface area contributed by atoms with Crippen LogP contribution in [0.15, 0.2) is 77.7 Å². The van der Waals surface area contributed by atoms with Crippen molar-refractivity contribution >= 4 is 10.1 Å². The van der Waals surface area contributed by atoms with Gasteiger partial charge in [0.2, 0.25) is 0 Å². The third-order valence-electron chi connectivity index (χ3n) is 6.19. The fraction of sp³-hybridized carbons (Fsp3) is 0.333. The smallest absolute Gasteiger partial charge is 0.296 e. The fourth-order valence-electron chi connectivity index (χ4n) is 3.75. The Morgan fingerprint density at radius 2 is 1.29 bits per heavy atom. The van der Waals surface area contributed by atoms with Crippen LogP contribution < -0.4 is 9.47 Å². The van der Waals surface area contributed by atoms with E-state index < -0.39 is 15.7 Å². The fourth-order valence-corrected chi connectivity index (χ4v) is 4.66. The number of hydrogen-bond acceptors (Lipinski definition) is 6.